The topological polar surface area (TPSA) is 55.4 Å². The van der Waals surface area contributed by atoms with Gasteiger partial charge in [0.15, 0.2) is 9.84 Å². The molecule has 0 aromatic carbocycles. The van der Waals surface area contributed by atoms with E-state index < -0.39 is 15.4 Å². The average Bonchev–Trinajstić information content (AvgIpc) is 2.92. The highest BCUT2D eigenvalue weighted by atomic mass is 35.5. The summed E-state index contributed by atoms with van der Waals surface area (Å²) >= 11 is 7.55. The van der Waals surface area contributed by atoms with Crippen LogP contribution in [-0.2, 0) is 21.1 Å². The molecule has 7 heteroatoms. The van der Waals surface area contributed by atoms with Gasteiger partial charge in [-0.3, -0.25) is 0 Å². The molecular formula is C13H18ClNO3S2. The second kappa shape index (κ2) is 5.57. The molecule has 2 aliphatic heterocycles. The molecule has 0 unspecified atom stereocenters. The molecule has 1 aromatic rings. The van der Waals surface area contributed by atoms with Crippen LogP contribution in [0.5, 0.6) is 0 Å². The lowest BCUT2D eigenvalue weighted by Gasteiger charge is -2.37. The first-order valence-electron chi connectivity index (χ1n) is 6.77. The Labute approximate surface area is 128 Å². The van der Waals surface area contributed by atoms with Crippen LogP contribution in [0.4, 0.5) is 0 Å². The van der Waals surface area contributed by atoms with E-state index >= 15 is 0 Å². The van der Waals surface area contributed by atoms with E-state index in [4.69, 9.17) is 16.3 Å². The van der Waals surface area contributed by atoms with Gasteiger partial charge < -0.3 is 10.1 Å². The van der Waals surface area contributed by atoms with Gasteiger partial charge >= 0.3 is 0 Å². The van der Waals surface area contributed by atoms with Gasteiger partial charge in [-0.25, -0.2) is 8.42 Å². The third-order valence-electron chi connectivity index (χ3n) is 4.03. The van der Waals surface area contributed by atoms with Crippen molar-refractivity contribution in [3.63, 3.8) is 0 Å². The normalized spacial score (nSPS) is 32.8. The summed E-state index contributed by atoms with van der Waals surface area (Å²) in [6, 6.07) is 2.28. The first-order valence-corrected chi connectivity index (χ1v) is 9.85. The number of hydrogen-bond donors (Lipinski definition) is 1. The summed E-state index contributed by atoms with van der Waals surface area (Å²) in [5.41, 5.74) is -0.443. The fourth-order valence-corrected chi connectivity index (χ4v) is 6.05. The third kappa shape index (κ3) is 3.36. The number of thiophene rings is 1. The first kappa shape index (κ1) is 14.8. The quantitative estimate of drug-likeness (QED) is 0.920. The second-order valence-electron chi connectivity index (χ2n) is 5.68. The summed E-state index contributed by atoms with van der Waals surface area (Å²) < 4.78 is 29.2. The maximum absolute atomic E-state index is 11.7. The van der Waals surface area contributed by atoms with Gasteiger partial charge in [0.1, 0.15) is 0 Å². The summed E-state index contributed by atoms with van der Waals surface area (Å²) in [7, 11) is -2.91. The van der Waals surface area contributed by atoms with Gasteiger partial charge in [-0.15, -0.1) is 11.3 Å². The van der Waals surface area contributed by atoms with E-state index in [1.165, 1.54) is 4.88 Å². The smallest absolute Gasteiger partial charge is 0.153 e. The predicted octanol–water partition coefficient (Wildman–Crippen LogP) is 2.23. The molecule has 3 heterocycles. The Bertz CT molecular complexity index is 586. The van der Waals surface area contributed by atoms with Crippen LogP contribution in [0, 0.1) is 0 Å². The highest BCUT2D eigenvalue weighted by Crippen LogP contribution is 2.35. The molecule has 0 bridgehead atoms. The predicted molar refractivity (Wildman–Crippen MR) is 81.1 cm³/mol. The Morgan fingerprint density at radius 3 is 3.05 bits per heavy atom. The molecule has 0 amide bonds. The van der Waals surface area contributed by atoms with Crippen molar-refractivity contribution in [2.24, 2.45) is 0 Å². The highest BCUT2D eigenvalue weighted by Gasteiger charge is 2.46. The zero-order valence-corrected chi connectivity index (χ0v) is 13.5. The molecule has 2 fully saturated rings. The van der Waals surface area contributed by atoms with Crippen molar-refractivity contribution in [2.45, 2.75) is 37.5 Å². The SMILES string of the molecule is O=S1(=O)CC[C@]2(C[C@@H](NCc3cc(Cl)cs3)CCO2)C1. The van der Waals surface area contributed by atoms with Crippen molar-refractivity contribution < 1.29 is 13.2 Å². The van der Waals surface area contributed by atoms with Crippen molar-refractivity contribution >= 4 is 32.8 Å². The van der Waals surface area contributed by atoms with Gasteiger partial charge in [0, 0.05) is 29.5 Å². The summed E-state index contributed by atoms with van der Waals surface area (Å²) in [6.07, 6.45) is 2.35. The zero-order chi connectivity index (χ0) is 14.2. The van der Waals surface area contributed by atoms with E-state index in [2.05, 4.69) is 5.32 Å². The standard InChI is InChI=1S/C13H18ClNO3S2/c14-10-5-12(19-8-10)7-15-11-1-3-18-13(6-11)2-4-20(16,17)9-13/h5,8,11,15H,1-4,6-7,9H2/t11-,13-/m0/s1. The number of rotatable bonds is 3. The van der Waals surface area contributed by atoms with Crippen LogP contribution in [0.2, 0.25) is 5.02 Å². The number of ether oxygens (including phenoxy) is 1. The molecule has 2 atom stereocenters. The highest BCUT2D eigenvalue weighted by molar-refractivity contribution is 7.91. The van der Waals surface area contributed by atoms with Gasteiger partial charge in [0.05, 0.1) is 22.1 Å². The van der Waals surface area contributed by atoms with E-state index in [9.17, 15) is 8.42 Å². The van der Waals surface area contributed by atoms with Gasteiger partial charge in [-0.05, 0) is 25.3 Å². The number of sulfone groups is 1. The van der Waals surface area contributed by atoms with Crippen LogP contribution in [0.25, 0.3) is 0 Å². The van der Waals surface area contributed by atoms with Crippen LogP contribution in [0.1, 0.15) is 24.1 Å². The third-order valence-corrected chi connectivity index (χ3v) is 7.11. The van der Waals surface area contributed by atoms with Crippen molar-refractivity contribution in [3.05, 3.63) is 21.3 Å². The summed E-state index contributed by atoms with van der Waals surface area (Å²) in [6.45, 7) is 1.42. The lowest BCUT2D eigenvalue weighted by Crippen LogP contribution is -2.47. The molecule has 1 spiro atoms. The molecule has 2 saturated heterocycles. The fourth-order valence-electron chi connectivity index (χ4n) is 3.05. The molecule has 20 heavy (non-hydrogen) atoms. The minimum absolute atomic E-state index is 0.184. The van der Waals surface area contributed by atoms with Gasteiger partial charge in [-0.2, -0.15) is 0 Å². The Morgan fingerprint density at radius 1 is 1.55 bits per heavy atom. The van der Waals surface area contributed by atoms with Crippen LogP contribution >= 0.6 is 22.9 Å². The van der Waals surface area contributed by atoms with Gasteiger partial charge in [-0.1, -0.05) is 11.6 Å². The molecule has 0 radical (unpaired) electrons. The molecule has 112 valence electrons. The molecular weight excluding hydrogens is 318 g/mol. The maximum Gasteiger partial charge on any atom is 0.153 e. The van der Waals surface area contributed by atoms with Crippen LogP contribution in [0.3, 0.4) is 0 Å². The molecule has 0 aliphatic carbocycles. The van der Waals surface area contributed by atoms with E-state index in [-0.39, 0.29) is 11.5 Å². The van der Waals surface area contributed by atoms with Crippen molar-refractivity contribution in [3.8, 4) is 0 Å². The minimum atomic E-state index is -2.91. The number of hydrogen-bond acceptors (Lipinski definition) is 5. The van der Waals surface area contributed by atoms with E-state index in [0.29, 0.717) is 19.1 Å². The number of halogens is 1. The molecule has 0 saturated carbocycles. The Morgan fingerprint density at radius 2 is 2.40 bits per heavy atom. The molecule has 3 rings (SSSR count). The summed E-state index contributed by atoms with van der Waals surface area (Å²) in [5, 5.41) is 6.21. The zero-order valence-electron chi connectivity index (χ0n) is 11.1. The van der Waals surface area contributed by atoms with Gasteiger partial charge in [0.2, 0.25) is 0 Å². The number of nitrogens with one attached hydrogen (secondary N) is 1. The largest absolute Gasteiger partial charge is 0.374 e. The molecule has 4 nitrogen and oxygen atoms in total. The molecule has 1 aromatic heterocycles. The lowest BCUT2D eigenvalue weighted by atomic mass is 9.90. The lowest BCUT2D eigenvalue weighted by molar-refractivity contribution is -0.0705. The van der Waals surface area contributed by atoms with E-state index in [1.807, 2.05) is 11.4 Å². The van der Waals surface area contributed by atoms with Gasteiger partial charge in [0.25, 0.3) is 0 Å². The van der Waals surface area contributed by atoms with Crippen LogP contribution in [-0.4, -0.2) is 38.2 Å². The van der Waals surface area contributed by atoms with Crippen molar-refractivity contribution in [2.75, 3.05) is 18.1 Å². The summed E-state index contributed by atoms with van der Waals surface area (Å²) in [4.78, 5) is 1.20. The monoisotopic (exact) mass is 335 g/mol. The Hall–Kier alpha value is -0.140. The van der Waals surface area contributed by atoms with E-state index in [0.717, 1.165) is 24.4 Å². The van der Waals surface area contributed by atoms with Crippen LogP contribution in [0.15, 0.2) is 11.4 Å². The van der Waals surface area contributed by atoms with E-state index in [1.54, 1.807) is 11.3 Å². The maximum atomic E-state index is 11.7. The van der Waals surface area contributed by atoms with Crippen molar-refractivity contribution in [1.29, 1.82) is 0 Å². The van der Waals surface area contributed by atoms with Crippen molar-refractivity contribution in [1.82, 2.24) is 5.32 Å². The fraction of sp³-hybridized carbons (Fsp3) is 0.692. The first-order chi connectivity index (χ1) is 9.46. The molecule has 2 aliphatic rings. The second-order valence-corrected chi connectivity index (χ2v) is 9.29. The minimum Gasteiger partial charge on any atom is -0.374 e. The van der Waals surface area contributed by atoms with Crippen LogP contribution < -0.4 is 5.32 Å². The average molecular weight is 336 g/mol. The Balaban J connectivity index is 1.58. The summed E-state index contributed by atoms with van der Waals surface area (Å²) in [5.74, 6) is 0.448. The molecule has 1 N–H and O–H groups in total. The Kier molecular flexibility index (Phi) is 4.12.